The van der Waals surface area contributed by atoms with Crippen molar-refractivity contribution in [2.45, 2.75) is 19.2 Å². The zero-order valence-electron chi connectivity index (χ0n) is 16.3. The van der Waals surface area contributed by atoms with Crippen LogP contribution in [0.15, 0.2) is 79.1 Å². The van der Waals surface area contributed by atoms with Gasteiger partial charge in [0.2, 0.25) is 5.91 Å². The first-order valence-electron chi connectivity index (χ1n) is 9.48. The summed E-state index contributed by atoms with van der Waals surface area (Å²) in [6.45, 7) is 0.268. The lowest BCUT2D eigenvalue weighted by atomic mass is 10.1. The third-order valence-electron chi connectivity index (χ3n) is 4.56. The minimum atomic E-state index is -4.40. The Kier molecular flexibility index (Phi) is 5.62. The van der Waals surface area contributed by atoms with E-state index in [2.05, 4.69) is 10.3 Å². The fraction of sp³-hybridized carbons (Fsp3) is 0.130. The van der Waals surface area contributed by atoms with Crippen LogP contribution in [0.1, 0.15) is 16.8 Å². The standard InChI is InChI=1S/C23H18F3N3O2/c24-23(25,26)17-9-7-16(8-10-17)12-22(30)28-18-4-3-5-20(13-18)31-15-19-14-29-11-2-1-6-21(29)27-19/h1-11,13-14H,12,15H2,(H,28,30). The molecule has 2 aromatic carbocycles. The molecule has 0 spiro atoms. The normalized spacial score (nSPS) is 11.5. The average Bonchev–Trinajstić information content (AvgIpc) is 3.15. The van der Waals surface area contributed by atoms with Gasteiger partial charge >= 0.3 is 6.18 Å². The van der Waals surface area contributed by atoms with E-state index in [9.17, 15) is 18.0 Å². The number of fused-ring (bicyclic) bond motifs is 1. The van der Waals surface area contributed by atoms with Crippen molar-refractivity contribution in [1.82, 2.24) is 9.38 Å². The monoisotopic (exact) mass is 425 g/mol. The third-order valence-corrected chi connectivity index (χ3v) is 4.56. The Bertz CT molecular complexity index is 1170. The second-order valence-electron chi connectivity index (χ2n) is 6.93. The summed E-state index contributed by atoms with van der Waals surface area (Å²) in [6.07, 6.45) is -0.654. The summed E-state index contributed by atoms with van der Waals surface area (Å²) in [4.78, 5) is 16.7. The predicted octanol–water partition coefficient (Wildman–Crippen LogP) is 5.11. The van der Waals surface area contributed by atoms with Gasteiger partial charge in [-0.3, -0.25) is 4.79 Å². The summed E-state index contributed by atoms with van der Waals surface area (Å²) in [5, 5.41) is 2.73. The minimum Gasteiger partial charge on any atom is -0.487 e. The van der Waals surface area contributed by atoms with Crippen molar-refractivity contribution < 1.29 is 22.7 Å². The first kappa shape index (κ1) is 20.5. The number of alkyl halides is 3. The summed E-state index contributed by atoms with van der Waals surface area (Å²) < 4.78 is 45.6. The largest absolute Gasteiger partial charge is 0.487 e. The molecule has 4 aromatic rings. The summed E-state index contributed by atoms with van der Waals surface area (Å²) >= 11 is 0. The minimum absolute atomic E-state index is 0.0372. The maximum Gasteiger partial charge on any atom is 0.416 e. The number of benzene rings is 2. The Hall–Kier alpha value is -3.81. The van der Waals surface area contributed by atoms with Crippen LogP contribution in [0, 0.1) is 0 Å². The van der Waals surface area contributed by atoms with E-state index < -0.39 is 11.7 Å². The van der Waals surface area contributed by atoms with Crippen LogP contribution in [0.4, 0.5) is 18.9 Å². The van der Waals surface area contributed by atoms with Crippen LogP contribution >= 0.6 is 0 Å². The second-order valence-corrected chi connectivity index (χ2v) is 6.93. The highest BCUT2D eigenvalue weighted by Crippen LogP contribution is 2.29. The van der Waals surface area contributed by atoms with E-state index >= 15 is 0 Å². The molecule has 0 aliphatic heterocycles. The Labute approximate surface area is 176 Å². The number of nitrogens with one attached hydrogen (secondary N) is 1. The molecule has 0 bridgehead atoms. The van der Waals surface area contributed by atoms with Crippen molar-refractivity contribution in [2.24, 2.45) is 0 Å². The van der Waals surface area contributed by atoms with Crippen LogP contribution in [-0.4, -0.2) is 15.3 Å². The van der Waals surface area contributed by atoms with Crippen molar-refractivity contribution in [1.29, 1.82) is 0 Å². The van der Waals surface area contributed by atoms with Crippen molar-refractivity contribution in [3.05, 3.63) is 95.9 Å². The molecule has 158 valence electrons. The van der Waals surface area contributed by atoms with Gasteiger partial charge in [-0.2, -0.15) is 13.2 Å². The van der Waals surface area contributed by atoms with Crippen LogP contribution < -0.4 is 10.1 Å². The number of rotatable bonds is 6. The number of imidazole rings is 1. The maximum atomic E-state index is 12.6. The Balaban J connectivity index is 1.35. The van der Waals surface area contributed by atoms with Gasteiger partial charge in [-0.05, 0) is 42.0 Å². The first-order valence-corrected chi connectivity index (χ1v) is 9.48. The number of amides is 1. The fourth-order valence-electron chi connectivity index (χ4n) is 3.08. The Morgan fingerprint density at radius 3 is 2.58 bits per heavy atom. The van der Waals surface area contributed by atoms with Crippen molar-refractivity contribution in [3.8, 4) is 5.75 Å². The summed E-state index contributed by atoms with van der Waals surface area (Å²) in [6, 6.07) is 17.2. The lowest BCUT2D eigenvalue weighted by Crippen LogP contribution is -2.14. The number of carbonyl (C=O) groups is 1. The topological polar surface area (TPSA) is 55.6 Å². The number of carbonyl (C=O) groups excluding carboxylic acids is 1. The molecule has 2 heterocycles. The van der Waals surface area contributed by atoms with Crippen LogP contribution in [-0.2, 0) is 24.0 Å². The highest BCUT2D eigenvalue weighted by Gasteiger charge is 2.29. The number of aromatic nitrogens is 2. The lowest BCUT2D eigenvalue weighted by Gasteiger charge is -2.10. The lowest BCUT2D eigenvalue weighted by molar-refractivity contribution is -0.137. The van der Waals surface area contributed by atoms with Crippen LogP contribution in [0.3, 0.4) is 0 Å². The van der Waals surface area contributed by atoms with Gasteiger partial charge in [-0.15, -0.1) is 0 Å². The molecule has 1 N–H and O–H groups in total. The molecule has 2 aromatic heterocycles. The number of anilines is 1. The van der Waals surface area contributed by atoms with E-state index in [4.69, 9.17) is 4.74 Å². The Morgan fingerprint density at radius 2 is 1.84 bits per heavy atom. The molecule has 0 aliphatic rings. The molecule has 8 heteroatoms. The van der Waals surface area contributed by atoms with E-state index in [1.807, 2.05) is 35.0 Å². The fourth-order valence-corrected chi connectivity index (χ4v) is 3.08. The quantitative estimate of drug-likeness (QED) is 0.467. The molecule has 31 heavy (non-hydrogen) atoms. The third kappa shape index (κ3) is 5.22. The van der Waals surface area contributed by atoms with E-state index in [-0.39, 0.29) is 18.9 Å². The number of ether oxygens (including phenoxy) is 1. The second kappa shape index (κ2) is 8.51. The molecule has 0 unspecified atom stereocenters. The van der Waals surface area contributed by atoms with Crippen molar-refractivity contribution >= 4 is 17.2 Å². The molecule has 0 saturated heterocycles. The SMILES string of the molecule is O=C(Cc1ccc(C(F)(F)F)cc1)Nc1cccc(OCc2cn3ccccc3n2)c1. The molecule has 0 aliphatic carbocycles. The molecule has 0 radical (unpaired) electrons. The van der Waals surface area contributed by atoms with E-state index in [1.54, 1.807) is 24.3 Å². The molecule has 0 atom stereocenters. The maximum absolute atomic E-state index is 12.6. The van der Waals surface area contributed by atoms with Crippen LogP contribution in [0.25, 0.3) is 5.65 Å². The van der Waals surface area contributed by atoms with Crippen molar-refractivity contribution in [2.75, 3.05) is 5.32 Å². The van der Waals surface area contributed by atoms with Gasteiger partial charge in [-0.25, -0.2) is 4.98 Å². The summed E-state index contributed by atoms with van der Waals surface area (Å²) in [5.74, 6) is 0.224. The molecular weight excluding hydrogens is 407 g/mol. The average molecular weight is 425 g/mol. The number of pyridine rings is 1. The summed E-state index contributed by atoms with van der Waals surface area (Å²) in [7, 11) is 0. The highest BCUT2D eigenvalue weighted by molar-refractivity contribution is 5.92. The van der Waals surface area contributed by atoms with Crippen LogP contribution in [0.2, 0.25) is 0 Å². The first-order chi connectivity index (χ1) is 14.9. The predicted molar refractivity (Wildman–Crippen MR) is 110 cm³/mol. The van der Waals surface area contributed by atoms with E-state index in [0.717, 1.165) is 23.5 Å². The van der Waals surface area contributed by atoms with Gasteiger partial charge in [0, 0.05) is 24.1 Å². The van der Waals surface area contributed by atoms with E-state index in [0.29, 0.717) is 17.0 Å². The molecule has 5 nitrogen and oxygen atoms in total. The highest BCUT2D eigenvalue weighted by atomic mass is 19.4. The summed E-state index contributed by atoms with van der Waals surface area (Å²) in [5.41, 5.74) is 1.87. The van der Waals surface area contributed by atoms with Crippen molar-refractivity contribution in [3.63, 3.8) is 0 Å². The molecule has 4 rings (SSSR count). The Morgan fingerprint density at radius 1 is 1.03 bits per heavy atom. The molecular formula is C23H18F3N3O2. The smallest absolute Gasteiger partial charge is 0.416 e. The molecule has 0 fully saturated rings. The number of hydrogen-bond donors (Lipinski definition) is 1. The van der Waals surface area contributed by atoms with Gasteiger partial charge in [0.25, 0.3) is 0 Å². The van der Waals surface area contributed by atoms with Gasteiger partial charge in [0.15, 0.2) is 0 Å². The molecule has 0 saturated carbocycles. The zero-order chi connectivity index (χ0) is 21.8. The molecule has 1 amide bonds. The van der Waals surface area contributed by atoms with Gasteiger partial charge in [-0.1, -0.05) is 24.3 Å². The number of hydrogen-bond acceptors (Lipinski definition) is 3. The van der Waals surface area contributed by atoms with E-state index in [1.165, 1.54) is 12.1 Å². The zero-order valence-corrected chi connectivity index (χ0v) is 16.3. The van der Waals surface area contributed by atoms with Gasteiger partial charge < -0.3 is 14.5 Å². The van der Waals surface area contributed by atoms with Gasteiger partial charge in [0.1, 0.15) is 18.0 Å². The number of nitrogens with zero attached hydrogens (tertiary/aromatic N) is 2. The van der Waals surface area contributed by atoms with Crippen LogP contribution in [0.5, 0.6) is 5.75 Å². The number of halogens is 3. The van der Waals surface area contributed by atoms with Gasteiger partial charge in [0.05, 0.1) is 17.7 Å².